The van der Waals surface area contributed by atoms with Gasteiger partial charge in [-0.1, -0.05) is 71.6 Å². The molecule has 0 radical (unpaired) electrons. The molecule has 1 atom stereocenters. The molecule has 2 rings (SSSR count). The fourth-order valence-electron chi connectivity index (χ4n) is 5.15. The van der Waals surface area contributed by atoms with Crippen LogP contribution in [0.1, 0.15) is 110 Å². The molecule has 0 heteroatoms. The van der Waals surface area contributed by atoms with E-state index < -0.39 is 0 Å². The maximum atomic E-state index is 2.39. The molecule has 0 saturated heterocycles. The van der Waals surface area contributed by atoms with E-state index in [0.29, 0.717) is 0 Å². The van der Waals surface area contributed by atoms with E-state index in [9.17, 15) is 0 Å². The Bertz CT molecular complexity index is 247. The van der Waals surface area contributed by atoms with E-state index in [1.807, 2.05) is 0 Å². The first-order chi connectivity index (χ1) is 9.83. The second kappa shape index (κ2) is 8.44. The topological polar surface area (TPSA) is 0 Å². The maximum absolute atomic E-state index is 2.39. The predicted molar refractivity (Wildman–Crippen MR) is 90.0 cm³/mol. The molecule has 0 heterocycles. The van der Waals surface area contributed by atoms with Crippen molar-refractivity contribution in [1.82, 2.24) is 0 Å². The van der Waals surface area contributed by atoms with Crippen LogP contribution < -0.4 is 0 Å². The fraction of sp³-hybridized carbons (Fsp3) is 1.00. The quantitative estimate of drug-likeness (QED) is 0.394. The summed E-state index contributed by atoms with van der Waals surface area (Å²) < 4.78 is 0. The monoisotopic (exact) mass is 278 g/mol. The van der Waals surface area contributed by atoms with E-state index in [1.165, 1.54) is 57.8 Å². The SMILES string of the molecule is CCCCCC(CCCC)(C1CCCCC1)C1CCC1. The summed E-state index contributed by atoms with van der Waals surface area (Å²) in [6.07, 6.45) is 22.7. The smallest absolute Gasteiger partial charge is 0.0241 e. The van der Waals surface area contributed by atoms with Crippen LogP contribution in [-0.2, 0) is 0 Å². The zero-order chi connectivity index (χ0) is 14.3. The first-order valence-electron chi connectivity index (χ1n) is 9.83. The van der Waals surface area contributed by atoms with E-state index in [-0.39, 0.29) is 0 Å². The highest BCUT2D eigenvalue weighted by Gasteiger charge is 2.46. The molecule has 0 aromatic carbocycles. The average molecular weight is 279 g/mol. The van der Waals surface area contributed by atoms with E-state index in [1.54, 1.807) is 38.5 Å². The van der Waals surface area contributed by atoms with Gasteiger partial charge in [0.25, 0.3) is 0 Å². The van der Waals surface area contributed by atoms with Gasteiger partial charge in [0.2, 0.25) is 0 Å². The summed E-state index contributed by atoms with van der Waals surface area (Å²) in [6, 6.07) is 0. The van der Waals surface area contributed by atoms with Crippen LogP contribution in [0.25, 0.3) is 0 Å². The van der Waals surface area contributed by atoms with Crippen molar-refractivity contribution in [3.05, 3.63) is 0 Å². The van der Waals surface area contributed by atoms with Crippen molar-refractivity contribution in [1.29, 1.82) is 0 Å². The van der Waals surface area contributed by atoms with Crippen LogP contribution in [0.15, 0.2) is 0 Å². The van der Waals surface area contributed by atoms with E-state index in [2.05, 4.69) is 13.8 Å². The molecule has 2 fully saturated rings. The molecule has 0 bridgehead atoms. The summed E-state index contributed by atoms with van der Waals surface area (Å²) in [5.74, 6) is 2.19. The number of unbranched alkanes of at least 4 members (excludes halogenated alkanes) is 3. The third-order valence-corrected chi connectivity index (χ3v) is 6.58. The summed E-state index contributed by atoms with van der Waals surface area (Å²) in [6.45, 7) is 4.75. The zero-order valence-electron chi connectivity index (χ0n) is 14.3. The molecule has 0 aliphatic heterocycles. The minimum atomic E-state index is 0.768. The summed E-state index contributed by atoms with van der Waals surface area (Å²) in [4.78, 5) is 0. The van der Waals surface area contributed by atoms with Gasteiger partial charge in [-0.05, 0) is 55.8 Å². The van der Waals surface area contributed by atoms with Gasteiger partial charge < -0.3 is 0 Å². The lowest BCUT2D eigenvalue weighted by atomic mass is 9.53. The maximum Gasteiger partial charge on any atom is -0.0241 e. The lowest BCUT2D eigenvalue weighted by molar-refractivity contribution is -0.0194. The third-order valence-electron chi connectivity index (χ3n) is 6.58. The number of hydrogen-bond acceptors (Lipinski definition) is 0. The van der Waals surface area contributed by atoms with E-state index in [4.69, 9.17) is 0 Å². The van der Waals surface area contributed by atoms with Crippen LogP contribution >= 0.6 is 0 Å². The second-order valence-corrected chi connectivity index (χ2v) is 7.76. The van der Waals surface area contributed by atoms with Gasteiger partial charge >= 0.3 is 0 Å². The Morgan fingerprint density at radius 2 is 1.20 bits per heavy atom. The molecule has 118 valence electrons. The van der Waals surface area contributed by atoms with Crippen molar-refractivity contribution in [2.75, 3.05) is 0 Å². The molecule has 20 heavy (non-hydrogen) atoms. The second-order valence-electron chi connectivity index (χ2n) is 7.76. The molecule has 0 nitrogen and oxygen atoms in total. The Morgan fingerprint density at radius 3 is 1.70 bits per heavy atom. The van der Waals surface area contributed by atoms with Gasteiger partial charge in [-0.15, -0.1) is 0 Å². The Hall–Kier alpha value is 0. The minimum absolute atomic E-state index is 0.768. The van der Waals surface area contributed by atoms with Crippen LogP contribution in [0, 0.1) is 17.3 Å². The normalized spacial score (nSPS) is 24.3. The van der Waals surface area contributed by atoms with Gasteiger partial charge in [-0.3, -0.25) is 0 Å². The summed E-state index contributed by atoms with van der Waals surface area (Å²) in [5, 5.41) is 0. The largest absolute Gasteiger partial charge is 0.0654 e. The highest BCUT2D eigenvalue weighted by Crippen LogP contribution is 2.56. The Morgan fingerprint density at radius 1 is 0.650 bits per heavy atom. The van der Waals surface area contributed by atoms with Crippen LogP contribution in [0.4, 0.5) is 0 Å². The molecule has 0 amide bonds. The van der Waals surface area contributed by atoms with Crippen molar-refractivity contribution in [2.45, 2.75) is 110 Å². The lowest BCUT2D eigenvalue weighted by Gasteiger charge is -2.52. The van der Waals surface area contributed by atoms with E-state index in [0.717, 1.165) is 17.3 Å². The van der Waals surface area contributed by atoms with Crippen molar-refractivity contribution in [3.63, 3.8) is 0 Å². The van der Waals surface area contributed by atoms with Gasteiger partial charge in [0.1, 0.15) is 0 Å². The number of hydrogen-bond donors (Lipinski definition) is 0. The molecule has 2 aliphatic carbocycles. The molecular weight excluding hydrogens is 240 g/mol. The molecule has 2 aliphatic rings. The summed E-state index contributed by atoms with van der Waals surface area (Å²) in [7, 11) is 0. The molecule has 0 N–H and O–H groups in total. The molecule has 0 aromatic heterocycles. The fourth-order valence-corrected chi connectivity index (χ4v) is 5.15. The van der Waals surface area contributed by atoms with Gasteiger partial charge in [0.15, 0.2) is 0 Å². The molecule has 0 spiro atoms. The average Bonchev–Trinajstić information content (AvgIpc) is 2.44. The van der Waals surface area contributed by atoms with Crippen LogP contribution in [0.2, 0.25) is 0 Å². The Balaban J connectivity index is 2.07. The van der Waals surface area contributed by atoms with Gasteiger partial charge in [0.05, 0.1) is 0 Å². The number of rotatable bonds is 9. The van der Waals surface area contributed by atoms with Crippen molar-refractivity contribution >= 4 is 0 Å². The Kier molecular flexibility index (Phi) is 6.91. The molecular formula is C20H38. The van der Waals surface area contributed by atoms with Gasteiger partial charge in [-0.25, -0.2) is 0 Å². The standard InChI is InChI=1S/C20H38/c1-3-5-10-17-20(16-6-4-2,19-14-11-15-19)18-12-8-7-9-13-18/h18-19H,3-17H2,1-2H3. The Labute approximate surface area is 128 Å². The first-order valence-corrected chi connectivity index (χ1v) is 9.83. The van der Waals surface area contributed by atoms with Crippen molar-refractivity contribution in [2.24, 2.45) is 17.3 Å². The zero-order valence-corrected chi connectivity index (χ0v) is 14.3. The summed E-state index contributed by atoms with van der Waals surface area (Å²) in [5.41, 5.74) is 0.768. The predicted octanol–water partition coefficient (Wildman–Crippen LogP) is 7.12. The highest BCUT2D eigenvalue weighted by molar-refractivity contribution is 4.96. The first kappa shape index (κ1) is 16.4. The van der Waals surface area contributed by atoms with Gasteiger partial charge in [0, 0.05) is 0 Å². The van der Waals surface area contributed by atoms with Crippen LogP contribution in [0.3, 0.4) is 0 Å². The van der Waals surface area contributed by atoms with E-state index >= 15 is 0 Å². The minimum Gasteiger partial charge on any atom is -0.0654 e. The van der Waals surface area contributed by atoms with Crippen molar-refractivity contribution in [3.8, 4) is 0 Å². The lowest BCUT2D eigenvalue weighted by Crippen LogP contribution is -2.42. The van der Waals surface area contributed by atoms with Crippen molar-refractivity contribution < 1.29 is 0 Å². The molecule has 2 saturated carbocycles. The molecule has 0 aromatic rings. The molecule has 1 unspecified atom stereocenters. The summed E-state index contributed by atoms with van der Waals surface area (Å²) >= 11 is 0. The van der Waals surface area contributed by atoms with Crippen LogP contribution in [-0.4, -0.2) is 0 Å². The van der Waals surface area contributed by atoms with Crippen LogP contribution in [0.5, 0.6) is 0 Å². The third kappa shape index (κ3) is 3.80. The highest BCUT2D eigenvalue weighted by atomic mass is 14.5. The van der Waals surface area contributed by atoms with Gasteiger partial charge in [-0.2, -0.15) is 0 Å².